The van der Waals surface area contributed by atoms with Gasteiger partial charge in [0, 0.05) is 42.3 Å². The van der Waals surface area contributed by atoms with E-state index in [-0.39, 0.29) is 54.3 Å². The molecule has 4 atom stereocenters. The van der Waals surface area contributed by atoms with Crippen LogP contribution in [0.4, 0.5) is 0 Å². The lowest BCUT2D eigenvalue weighted by Crippen LogP contribution is -2.56. The Morgan fingerprint density at radius 3 is 2.67 bits per heavy atom. The number of halogens is 2. The van der Waals surface area contributed by atoms with Gasteiger partial charge in [-0.3, -0.25) is 14.4 Å². The summed E-state index contributed by atoms with van der Waals surface area (Å²) in [5, 5.41) is 10.8. The molecule has 214 valence electrons. The van der Waals surface area contributed by atoms with Gasteiger partial charge in [0.05, 0.1) is 12.3 Å². The molecule has 3 amide bonds. The number of rotatable bonds is 9. The number of fused-ring (bicyclic) bond motifs is 2. The molecule has 8 nitrogen and oxygen atoms in total. The van der Waals surface area contributed by atoms with E-state index < -0.39 is 6.04 Å². The standard InChI is InChI=1S/C30H36ClN5O3.ClH/c1-32-30(39)26(9-5-8-19-6-3-2-4-7-19)35-29(38)25-18-36(17-21-14-33-16-24(21)25)28(37)12-20-15-34-27-13-22(31)10-11-23(20)27;/h2-4,6-7,10-11,13,15,21,24-26,33-34H,5,8-9,12,14,16-18H2,1H3,(H,32,39)(H,35,38);1H/t21?,24?,25?,26-;/m0./s1. The Morgan fingerprint density at radius 2 is 1.90 bits per heavy atom. The maximum Gasteiger partial charge on any atom is 0.242 e. The molecule has 3 unspecified atom stereocenters. The van der Waals surface area contributed by atoms with Crippen molar-refractivity contribution >= 4 is 52.6 Å². The average Bonchev–Trinajstić information content (AvgIpc) is 3.58. The topological polar surface area (TPSA) is 106 Å². The number of aromatic nitrogens is 1. The first kappa shape index (κ1) is 29.9. The zero-order valence-corrected chi connectivity index (χ0v) is 24.2. The summed E-state index contributed by atoms with van der Waals surface area (Å²) in [5.74, 6) is -0.372. The van der Waals surface area contributed by atoms with Crippen molar-refractivity contribution in [1.29, 1.82) is 0 Å². The van der Waals surface area contributed by atoms with E-state index >= 15 is 0 Å². The number of piperidine rings is 1. The van der Waals surface area contributed by atoms with E-state index in [9.17, 15) is 14.4 Å². The highest BCUT2D eigenvalue weighted by molar-refractivity contribution is 6.31. The number of aryl methyl sites for hydroxylation is 1. The number of hydrogen-bond acceptors (Lipinski definition) is 4. The first-order valence-corrected chi connectivity index (χ1v) is 14.1. The fraction of sp³-hybridized carbons (Fsp3) is 0.433. The molecular weight excluding hydrogens is 549 g/mol. The Labute approximate surface area is 246 Å². The number of likely N-dealkylation sites (N-methyl/N-ethyl adjacent to an activating group) is 1. The monoisotopic (exact) mass is 585 g/mol. The van der Waals surface area contributed by atoms with Crippen LogP contribution in [0.3, 0.4) is 0 Å². The lowest BCUT2D eigenvalue weighted by atomic mass is 9.79. The lowest BCUT2D eigenvalue weighted by Gasteiger charge is -2.40. The van der Waals surface area contributed by atoms with Crippen LogP contribution < -0.4 is 16.0 Å². The molecular formula is C30H37Cl2N5O3. The van der Waals surface area contributed by atoms with E-state index in [4.69, 9.17) is 11.6 Å². The number of carbonyl (C=O) groups excluding carboxylic acids is 3. The molecule has 2 saturated heterocycles. The lowest BCUT2D eigenvalue weighted by molar-refractivity contribution is -0.140. The maximum atomic E-state index is 13.6. The first-order valence-electron chi connectivity index (χ1n) is 13.7. The third kappa shape index (κ3) is 6.79. The average molecular weight is 587 g/mol. The Kier molecular flexibility index (Phi) is 10.1. The third-order valence-corrected chi connectivity index (χ3v) is 8.46. The molecule has 0 aliphatic carbocycles. The fourth-order valence-electron chi connectivity index (χ4n) is 6.09. The predicted octanol–water partition coefficient (Wildman–Crippen LogP) is 3.33. The molecule has 2 aliphatic heterocycles. The Morgan fingerprint density at radius 1 is 1.10 bits per heavy atom. The van der Waals surface area contributed by atoms with Crippen LogP contribution >= 0.6 is 24.0 Å². The molecule has 2 aromatic carbocycles. The summed E-state index contributed by atoms with van der Waals surface area (Å²) in [7, 11) is 1.59. The second kappa shape index (κ2) is 13.5. The van der Waals surface area contributed by atoms with Crippen LogP contribution in [-0.4, -0.2) is 66.9 Å². The summed E-state index contributed by atoms with van der Waals surface area (Å²) < 4.78 is 0. The smallest absolute Gasteiger partial charge is 0.242 e. The zero-order chi connectivity index (χ0) is 27.4. The number of likely N-dealkylation sites (tertiary alicyclic amines) is 1. The minimum absolute atomic E-state index is 0. The van der Waals surface area contributed by atoms with Gasteiger partial charge in [-0.1, -0.05) is 48.0 Å². The molecule has 10 heteroatoms. The van der Waals surface area contributed by atoms with Gasteiger partial charge in [0.25, 0.3) is 0 Å². The molecule has 40 heavy (non-hydrogen) atoms. The van der Waals surface area contributed by atoms with Gasteiger partial charge < -0.3 is 25.8 Å². The van der Waals surface area contributed by atoms with Crippen LogP contribution in [0.15, 0.2) is 54.7 Å². The molecule has 3 aromatic rings. The zero-order valence-electron chi connectivity index (χ0n) is 22.6. The van der Waals surface area contributed by atoms with Crippen LogP contribution in [0.5, 0.6) is 0 Å². The number of H-pyrrole nitrogens is 1. The van der Waals surface area contributed by atoms with E-state index in [1.807, 2.05) is 47.5 Å². The highest BCUT2D eigenvalue weighted by Gasteiger charge is 2.44. The molecule has 0 saturated carbocycles. The molecule has 1 aromatic heterocycles. The minimum Gasteiger partial charge on any atom is -0.361 e. The van der Waals surface area contributed by atoms with E-state index in [1.54, 1.807) is 7.05 Å². The molecule has 2 aliphatic rings. The number of benzene rings is 2. The van der Waals surface area contributed by atoms with Crippen molar-refractivity contribution in [2.75, 3.05) is 33.2 Å². The molecule has 5 rings (SSSR count). The number of nitrogens with one attached hydrogen (secondary N) is 4. The predicted molar refractivity (Wildman–Crippen MR) is 160 cm³/mol. The van der Waals surface area contributed by atoms with Crippen molar-refractivity contribution in [3.8, 4) is 0 Å². The Balaban J connectivity index is 0.00000370. The van der Waals surface area contributed by atoms with Gasteiger partial charge in [-0.05, 0) is 67.4 Å². The van der Waals surface area contributed by atoms with Crippen molar-refractivity contribution in [2.24, 2.45) is 17.8 Å². The number of nitrogens with zero attached hydrogens (tertiary/aromatic N) is 1. The van der Waals surface area contributed by atoms with Gasteiger partial charge in [0.15, 0.2) is 0 Å². The van der Waals surface area contributed by atoms with E-state index in [2.05, 4.69) is 33.1 Å². The third-order valence-electron chi connectivity index (χ3n) is 8.22. The van der Waals surface area contributed by atoms with E-state index in [1.165, 1.54) is 5.56 Å². The fourth-order valence-corrected chi connectivity index (χ4v) is 6.26. The van der Waals surface area contributed by atoms with Gasteiger partial charge in [-0.25, -0.2) is 0 Å². The number of carbonyl (C=O) groups is 3. The van der Waals surface area contributed by atoms with Crippen LogP contribution in [0.2, 0.25) is 5.02 Å². The molecule has 0 radical (unpaired) electrons. The Hall–Kier alpha value is -3.07. The molecule has 2 fully saturated rings. The van der Waals surface area contributed by atoms with Gasteiger partial charge in [-0.15, -0.1) is 12.4 Å². The van der Waals surface area contributed by atoms with Gasteiger partial charge in [0.1, 0.15) is 6.04 Å². The molecule has 0 bridgehead atoms. The van der Waals surface area contributed by atoms with Crippen molar-refractivity contribution in [3.63, 3.8) is 0 Å². The number of aromatic amines is 1. The Bertz CT molecular complexity index is 1330. The maximum absolute atomic E-state index is 13.6. The normalized spacial score (nSPS) is 20.9. The molecule has 4 N–H and O–H groups in total. The van der Waals surface area contributed by atoms with Crippen LogP contribution in [0.25, 0.3) is 10.9 Å². The second-order valence-electron chi connectivity index (χ2n) is 10.7. The van der Waals surface area contributed by atoms with Gasteiger partial charge in [-0.2, -0.15) is 0 Å². The summed E-state index contributed by atoms with van der Waals surface area (Å²) in [6, 6.07) is 15.1. The van der Waals surface area contributed by atoms with Gasteiger partial charge in [0.2, 0.25) is 17.7 Å². The highest BCUT2D eigenvalue weighted by Crippen LogP contribution is 2.33. The molecule has 3 heterocycles. The first-order chi connectivity index (χ1) is 18.9. The van der Waals surface area contributed by atoms with Crippen LogP contribution in [-0.2, 0) is 27.2 Å². The van der Waals surface area contributed by atoms with Crippen LogP contribution in [0.1, 0.15) is 24.0 Å². The minimum atomic E-state index is -0.608. The van der Waals surface area contributed by atoms with E-state index in [0.29, 0.717) is 24.5 Å². The quantitative estimate of drug-likeness (QED) is 0.309. The van der Waals surface area contributed by atoms with Crippen molar-refractivity contribution in [2.45, 2.75) is 31.7 Å². The molecule has 0 spiro atoms. The summed E-state index contributed by atoms with van der Waals surface area (Å²) >= 11 is 6.11. The SMILES string of the molecule is CNC(=O)[C@H](CCCc1ccccc1)NC(=O)C1CN(C(=O)Cc2c[nH]c3cc(Cl)ccc23)CC2CNCC21.Cl. The van der Waals surface area contributed by atoms with E-state index in [0.717, 1.165) is 42.4 Å². The summed E-state index contributed by atoms with van der Waals surface area (Å²) in [6.07, 6.45) is 4.27. The number of hydrogen-bond donors (Lipinski definition) is 4. The van der Waals surface area contributed by atoms with Crippen molar-refractivity contribution in [3.05, 3.63) is 70.9 Å². The van der Waals surface area contributed by atoms with Crippen molar-refractivity contribution in [1.82, 2.24) is 25.8 Å². The number of amides is 3. The second-order valence-corrected chi connectivity index (χ2v) is 11.2. The van der Waals surface area contributed by atoms with Gasteiger partial charge >= 0.3 is 0 Å². The van der Waals surface area contributed by atoms with Crippen LogP contribution in [0, 0.1) is 17.8 Å². The summed E-state index contributed by atoms with van der Waals surface area (Å²) in [5.41, 5.74) is 3.02. The van der Waals surface area contributed by atoms with Crippen molar-refractivity contribution < 1.29 is 14.4 Å². The largest absolute Gasteiger partial charge is 0.361 e. The summed E-state index contributed by atoms with van der Waals surface area (Å²) in [6.45, 7) is 2.50. The highest BCUT2D eigenvalue weighted by atomic mass is 35.5. The summed E-state index contributed by atoms with van der Waals surface area (Å²) in [4.78, 5) is 44.8.